The van der Waals surface area contributed by atoms with Gasteiger partial charge in [0.15, 0.2) is 5.11 Å². The fourth-order valence-electron chi connectivity index (χ4n) is 3.73. The molecule has 0 saturated carbocycles. The van der Waals surface area contributed by atoms with Crippen LogP contribution in [0.25, 0.3) is 11.8 Å². The molecule has 0 bridgehead atoms. The first kappa shape index (κ1) is 24.2. The molecule has 1 aromatic heterocycles. The largest absolute Gasteiger partial charge is 0.450 e. The molecule has 3 aromatic rings. The summed E-state index contributed by atoms with van der Waals surface area (Å²) in [6.45, 7) is 3.68. The van der Waals surface area contributed by atoms with Crippen molar-refractivity contribution in [2.24, 2.45) is 0 Å². The summed E-state index contributed by atoms with van der Waals surface area (Å²) in [6, 6.07) is 11.6. The lowest BCUT2D eigenvalue weighted by Gasteiger charge is -2.16. The Labute approximate surface area is 208 Å². The van der Waals surface area contributed by atoms with Crippen LogP contribution in [-0.2, 0) is 9.59 Å². The Morgan fingerprint density at radius 1 is 0.944 bits per heavy atom. The predicted molar refractivity (Wildman–Crippen MR) is 132 cm³/mol. The SMILES string of the molecule is Cc1cc(C=C2C(=O)NC(=S)NC2=O)c(C)n1-c1ccc(Oc2ccc([N+](=O)[O-])cc2[N+](=O)[O-])cc1. The van der Waals surface area contributed by atoms with Crippen molar-refractivity contribution in [2.45, 2.75) is 13.8 Å². The molecule has 0 unspecified atom stereocenters. The second kappa shape index (κ2) is 9.38. The summed E-state index contributed by atoms with van der Waals surface area (Å²) in [5.74, 6) is -1.03. The molecule has 0 aliphatic carbocycles. The molecule has 0 spiro atoms. The van der Waals surface area contributed by atoms with E-state index in [0.29, 0.717) is 5.56 Å². The van der Waals surface area contributed by atoms with Crippen LogP contribution >= 0.6 is 12.2 Å². The Morgan fingerprint density at radius 2 is 1.58 bits per heavy atom. The number of nitrogens with one attached hydrogen (secondary N) is 2. The number of thiocarbonyl (C=S) groups is 1. The quantitative estimate of drug-likeness (QED) is 0.168. The summed E-state index contributed by atoms with van der Waals surface area (Å²) < 4.78 is 7.51. The van der Waals surface area contributed by atoms with Gasteiger partial charge in [-0.25, -0.2) is 0 Å². The molecule has 2 heterocycles. The van der Waals surface area contributed by atoms with Gasteiger partial charge in [0.05, 0.1) is 15.9 Å². The average molecular weight is 507 g/mol. The van der Waals surface area contributed by atoms with E-state index >= 15 is 0 Å². The molecule has 1 aliphatic heterocycles. The number of carbonyl (C=O) groups is 2. The summed E-state index contributed by atoms with van der Waals surface area (Å²) in [5, 5.41) is 27.0. The molecule has 12 nitrogen and oxygen atoms in total. The highest BCUT2D eigenvalue weighted by molar-refractivity contribution is 7.80. The van der Waals surface area contributed by atoms with Crippen molar-refractivity contribution in [1.29, 1.82) is 0 Å². The number of aryl methyl sites for hydroxylation is 1. The molecular formula is C23H17N5O7S. The summed E-state index contributed by atoms with van der Waals surface area (Å²) in [7, 11) is 0. The van der Waals surface area contributed by atoms with Crippen molar-refractivity contribution in [3.05, 3.63) is 91.3 Å². The minimum atomic E-state index is -0.750. The molecular weight excluding hydrogens is 490 g/mol. The topological polar surface area (TPSA) is 159 Å². The average Bonchev–Trinajstić information content (AvgIpc) is 3.09. The smallest absolute Gasteiger partial charge is 0.318 e. The van der Waals surface area contributed by atoms with E-state index in [1.807, 2.05) is 24.5 Å². The monoisotopic (exact) mass is 507 g/mol. The summed E-state index contributed by atoms with van der Waals surface area (Å²) in [5.41, 5.74) is 1.96. The Bertz CT molecular complexity index is 1470. The van der Waals surface area contributed by atoms with Gasteiger partial charge in [-0.3, -0.25) is 40.5 Å². The van der Waals surface area contributed by atoms with E-state index in [1.165, 1.54) is 12.1 Å². The number of ether oxygens (including phenoxy) is 1. The Hall–Kier alpha value is -4.91. The number of amides is 2. The number of nitrogens with zero attached hydrogens (tertiary/aromatic N) is 3. The van der Waals surface area contributed by atoms with Gasteiger partial charge in [-0.2, -0.15) is 0 Å². The second-order valence-electron chi connectivity index (χ2n) is 7.72. The molecule has 36 heavy (non-hydrogen) atoms. The first-order valence-electron chi connectivity index (χ1n) is 10.3. The van der Waals surface area contributed by atoms with E-state index in [0.717, 1.165) is 29.2 Å². The van der Waals surface area contributed by atoms with E-state index in [2.05, 4.69) is 10.6 Å². The van der Waals surface area contributed by atoms with E-state index in [9.17, 15) is 29.8 Å². The number of hydrogen-bond donors (Lipinski definition) is 2. The van der Waals surface area contributed by atoms with Crippen LogP contribution < -0.4 is 15.4 Å². The summed E-state index contributed by atoms with van der Waals surface area (Å²) in [6.07, 6.45) is 1.48. The van der Waals surface area contributed by atoms with Crippen LogP contribution in [0.4, 0.5) is 11.4 Å². The number of nitro groups is 2. The molecule has 182 valence electrons. The number of rotatable bonds is 6. The maximum Gasteiger partial charge on any atom is 0.318 e. The first-order valence-corrected chi connectivity index (χ1v) is 10.7. The van der Waals surface area contributed by atoms with Gasteiger partial charge in [0, 0.05) is 23.1 Å². The maximum absolute atomic E-state index is 12.2. The fraction of sp³-hybridized carbons (Fsp3) is 0.0870. The van der Waals surface area contributed by atoms with E-state index in [-0.39, 0.29) is 22.2 Å². The van der Waals surface area contributed by atoms with Crippen molar-refractivity contribution < 1.29 is 24.2 Å². The number of non-ortho nitro benzene ring substituents is 1. The second-order valence-corrected chi connectivity index (χ2v) is 8.13. The lowest BCUT2D eigenvalue weighted by Crippen LogP contribution is -2.51. The van der Waals surface area contributed by atoms with E-state index in [4.69, 9.17) is 17.0 Å². The molecule has 2 aromatic carbocycles. The van der Waals surface area contributed by atoms with E-state index in [1.54, 1.807) is 24.3 Å². The number of benzene rings is 2. The minimum Gasteiger partial charge on any atom is -0.450 e. The summed E-state index contributed by atoms with van der Waals surface area (Å²) in [4.78, 5) is 45.1. The number of nitro benzene ring substituents is 2. The highest BCUT2D eigenvalue weighted by Crippen LogP contribution is 2.35. The van der Waals surface area contributed by atoms with Crippen LogP contribution in [0.15, 0.2) is 54.1 Å². The third-order valence-corrected chi connectivity index (χ3v) is 5.59. The van der Waals surface area contributed by atoms with Gasteiger partial charge in [-0.05, 0) is 74.1 Å². The number of hydrogen-bond acceptors (Lipinski definition) is 8. The van der Waals surface area contributed by atoms with Crippen LogP contribution in [0.2, 0.25) is 0 Å². The van der Waals surface area contributed by atoms with Gasteiger partial charge >= 0.3 is 5.69 Å². The molecule has 0 atom stereocenters. The van der Waals surface area contributed by atoms with Crippen LogP contribution in [-0.4, -0.2) is 31.3 Å². The standard InChI is InChI=1S/C23H17N5O7S/c1-12-9-14(10-18-21(29)24-23(36)25-22(18)30)13(2)26(12)15-3-6-17(7-4-15)35-20-8-5-16(27(31)32)11-19(20)28(33)34/h3-11H,1-2H3,(H2,24,25,29,30,36). The number of carbonyl (C=O) groups excluding carboxylic acids is 2. The zero-order valence-corrected chi connectivity index (χ0v) is 19.6. The van der Waals surface area contributed by atoms with Crippen LogP contribution in [0.3, 0.4) is 0 Å². The van der Waals surface area contributed by atoms with E-state index < -0.39 is 33.0 Å². The third kappa shape index (κ3) is 4.67. The fourth-order valence-corrected chi connectivity index (χ4v) is 3.92. The maximum atomic E-state index is 12.2. The van der Waals surface area contributed by atoms with Gasteiger partial charge in [-0.1, -0.05) is 0 Å². The Kier molecular flexibility index (Phi) is 6.31. The Balaban J connectivity index is 1.62. The molecule has 13 heteroatoms. The lowest BCUT2D eigenvalue weighted by atomic mass is 10.1. The summed E-state index contributed by atoms with van der Waals surface area (Å²) >= 11 is 4.81. The van der Waals surface area contributed by atoms with Crippen molar-refractivity contribution in [2.75, 3.05) is 0 Å². The first-order chi connectivity index (χ1) is 17.0. The van der Waals surface area contributed by atoms with Crippen molar-refractivity contribution in [3.63, 3.8) is 0 Å². The molecule has 1 aliphatic rings. The van der Waals surface area contributed by atoms with Crippen molar-refractivity contribution in [1.82, 2.24) is 15.2 Å². The minimum absolute atomic E-state index is 0.0472. The molecule has 1 saturated heterocycles. The normalized spacial score (nSPS) is 13.2. The zero-order valence-electron chi connectivity index (χ0n) is 18.8. The van der Waals surface area contributed by atoms with Crippen molar-refractivity contribution >= 4 is 46.6 Å². The lowest BCUT2D eigenvalue weighted by molar-refractivity contribution is -0.394. The van der Waals surface area contributed by atoms with Gasteiger partial charge in [0.25, 0.3) is 17.5 Å². The third-order valence-electron chi connectivity index (χ3n) is 5.39. The number of aromatic nitrogens is 1. The van der Waals surface area contributed by atoms with Gasteiger partial charge in [0.2, 0.25) is 5.75 Å². The molecule has 2 amide bonds. The molecule has 1 fully saturated rings. The molecule has 4 rings (SSSR count). The Morgan fingerprint density at radius 3 is 2.17 bits per heavy atom. The predicted octanol–water partition coefficient (Wildman–Crippen LogP) is 3.62. The highest BCUT2D eigenvalue weighted by atomic mass is 32.1. The van der Waals surface area contributed by atoms with Gasteiger partial charge in [0.1, 0.15) is 11.3 Å². The molecule has 0 radical (unpaired) electrons. The molecule has 2 N–H and O–H groups in total. The van der Waals surface area contributed by atoms with Crippen molar-refractivity contribution in [3.8, 4) is 17.2 Å². The van der Waals surface area contributed by atoms with Crippen LogP contribution in [0, 0.1) is 34.1 Å². The van der Waals surface area contributed by atoms with Crippen LogP contribution in [0.1, 0.15) is 17.0 Å². The highest BCUT2D eigenvalue weighted by Gasteiger charge is 2.26. The van der Waals surface area contributed by atoms with Gasteiger partial charge in [-0.15, -0.1) is 0 Å². The van der Waals surface area contributed by atoms with Crippen LogP contribution in [0.5, 0.6) is 11.5 Å². The zero-order chi connectivity index (χ0) is 26.1. The van der Waals surface area contributed by atoms with Gasteiger partial charge < -0.3 is 9.30 Å².